The minimum atomic E-state index is -0.507. The Bertz CT molecular complexity index is 309. The molecule has 1 N–H and O–H groups in total. The number of nitrogens with one attached hydrogen (secondary N) is 1. The van der Waals surface area contributed by atoms with Crippen molar-refractivity contribution < 1.29 is 14.3 Å². The van der Waals surface area contributed by atoms with Crippen LogP contribution in [0.5, 0.6) is 0 Å². The summed E-state index contributed by atoms with van der Waals surface area (Å²) in [4.78, 5) is 25.3. The van der Waals surface area contributed by atoms with Crippen LogP contribution < -0.4 is 5.32 Å². The highest BCUT2D eigenvalue weighted by molar-refractivity contribution is 5.73. The minimum absolute atomic E-state index is 0.149. The molecule has 1 amide bonds. The van der Waals surface area contributed by atoms with E-state index in [1.165, 1.54) is 30.2 Å². The summed E-state index contributed by atoms with van der Waals surface area (Å²) in [6.07, 6.45) is 3.81. The second-order valence-electron chi connectivity index (χ2n) is 2.57. The molecule has 90 valence electrons. The predicted octanol–water partition coefficient (Wildman–Crippen LogP) is 1.03. The Hall–Kier alpha value is -1.85. The molecule has 0 radical (unpaired) electrons. The summed E-state index contributed by atoms with van der Waals surface area (Å²) in [6.45, 7) is 5.87. The lowest BCUT2D eigenvalue weighted by Gasteiger charge is -2.04. The molecular weight excluding hydrogens is 210 g/mol. The van der Waals surface area contributed by atoms with Gasteiger partial charge in [0.1, 0.15) is 12.9 Å². The molecule has 0 atom stereocenters. The van der Waals surface area contributed by atoms with E-state index in [2.05, 4.69) is 10.3 Å². The topological polar surface area (TPSA) is 73.2 Å². The molecule has 1 heterocycles. The summed E-state index contributed by atoms with van der Waals surface area (Å²) in [5.41, 5.74) is 0. The Kier molecular flexibility index (Phi) is 7.48. The van der Waals surface area contributed by atoms with Crippen LogP contribution in [0.25, 0.3) is 0 Å². The highest BCUT2D eigenvalue weighted by Crippen LogP contribution is 1.88. The monoisotopic (exact) mass is 227 g/mol. The first-order chi connectivity index (χ1) is 7.70. The third-order valence-electron chi connectivity index (χ3n) is 1.42. The molecule has 0 aliphatic carbocycles. The lowest BCUT2D eigenvalue weighted by molar-refractivity contribution is -0.119. The summed E-state index contributed by atoms with van der Waals surface area (Å²) in [5, 5.41) is 2.51. The number of aromatic nitrogens is 2. The smallest absolute Gasteiger partial charge is 0.419 e. The number of ether oxygens (including phenoxy) is 1. The zero-order valence-electron chi connectivity index (χ0n) is 9.77. The van der Waals surface area contributed by atoms with E-state index in [-0.39, 0.29) is 12.5 Å². The van der Waals surface area contributed by atoms with Gasteiger partial charge in [0.15, 0.2) is 0 Å². The molecule has 1 rings (SSSR count). The van der Waals surface area contributed by atoms with Gasteiger partial charge in [-0.15, -0.1) is 0 Å². The number of hydrogen-bond donors (Lipinski definition) is 1. The molecule has 16 heavy (non-hydrogen) atoms. The van der Waals surface area contributed by atoms with Crippen molar-refractivity contribution in [1.82, 2.24) is 14.9 Å². The predicted molar refractivity (Wildman–Crippen MR) is 59.0 cm³/mol. The van der Waals surface area contributed by atoms with Gasteiger partial charge in [0.25, 0.3) is 0 Å². The molecule has 0 aliphatic rings. The molecule has 0 unspecified atom stereocenters. The van der Waals surface area contributed by atoms with E-state index in [0.29, 0.717) is 6.54 Å². The van der Waals surface area contributed by atoms with Crippen LogP contribution in [-0.2, 0) is 9.53 Å². The maximum Gasteiger partial charge on any atom is 0.419 e. The van der Waals surface area contributed by atoms with Crippen molar-refractivity contribution in [2.45, 2.75) is 20.8 Å². The van der Waals surface area contributed by atoms with E-state index in [0.717, 1.165) is 0 Å². The number of imidazole rings is 1. The Morgan fingerprint density at radius 2 is 2.12 bits per heavy atom. The van der Waals surface area contributed by atoms with Crippen molar-refractivity contribution in [2.24, 2.45) is 0 Å². The van der Waals surface area contributed by atoms with Crippen LogP contribution in [0.15, 0.2) is 18.7 Å². The Morgan fingerprint density at radius 3 is 2.62 bits per heavy atom. The number of carbonyl (C=O) groups excluding carboxylic acids is 2. The molecule has 6 heteroatoms. The molecular formula is C10H17N3O3. The number of hydrogen-bond acceptors (Lipinski definition) is 4. The second-order valence-corrected chi connectivity index (χ2v) is 2.57. The Morgan fingerprint density at radius 1 is 1.44 bits per heavy atom. The number of carbonyl (C=O) groups is 2. The van der Waals surface area contributed by atoms with Crippen molar-refractivity contribution in [2.75, 3.05) is 13.2 Å². The van der Waals surface area contributed by atoms with E-state index in [1.807, 2.05) is 13.8 Å². The van der Waals surface area contributed by atoms with Crippen molar-refractivity contribution in [3.8, 4) is 0 Å². The zero-order chi connectivity index (χ0) is 12.4. The highest BCUT2D eigenvalue weighted by atomic mass is 16.5. The maximum atomic E-state index is 11.1. The molecule has 0 bridgehead atoms. The largest absolute Gasteiger partial charge is 0.447 e. The maximum absolute atomic E-state index is 11.1. The first kappa shape index (κ1) is 14.2. The summed E-state index contributed by atoms with van der Waals surface area (Å²) in [7, 11) is 0. The summed E-state index contributed by atoms with van der Waals surface area (Å²) >= 11 is 0. The number of rotatable bonds is 3. The van der Waals surface area contributed by atoms with Crippen LogP contribution in [0, 0.1) is 0 Å². The second kappa shape index (κ2) is 8.46. The van der Waals surface area contributed by atoms with E-state index in [4.69, 9.17) is 4.74 Å². The number of amides is 1. The van der Waals surface area contributed by atoms with Gasteiger partial charge in [-0.2, -0.15) is 0 Å². The van der Waals surface area contributed by atoms with Crippen molar-refractivity contribution in [3.63, 3.8) is 0 Å². The number of nitrogens with zero attached hydrogens (tertiary/aromatic N) is 2. The first-order valence-electron chi connectivity index (χ1n) is 5.09. The fraction of sp³-hybridized carbons (Fsp3) is 0.500. The standard InChI is InChI=1S/C8H11N3O3.C2H6/c1-7(12)10-3-5-14-8(13)11-4-2-9-6-11;1-2/h2,4,6H,3,5H2,1H3,(H,10,12);1-2H3. The molecule has 0 spiro atoms. The fourth-order valence-corrected chi connectivity index (χ4v) is 0.807. The lowest BCUT2D eigenvalue weighted by Crippen LogP contribution is -2.26. The van der Waals surface area contributed by atoms with Crippen LogP contribution >= 0.6 is 0 Å². The zero-order valence-corrected chi connectivity index (χ0v) is 9.77. The molecule has 0 saturated heterocycles. The van der Waals surface area contributed by atoms with Crippen LogP contribution in [0.3, 0.4) is 0 Å². The molecule has 1 aromatic rings. The van der Waals surface area contributed by atoms with Gasteiger partial charge in [-0.1, -0.05) is 13.8 Å². The Labute approximate surface area is 94.6 Å². The van der Waals surface area contributed by atoms with Crippen molar-refractivity contribution >= 4 is 12.0 Å². The minimum Gasteiger partial charge on any atom is -0.447 e. The SMILES string of the molecule is CC.CC(=O)NCCOC(=O)n1ccnc1. The summed E-state index contributed by atoms with van der Waals surface area (Å²) < 4.78 is 6.02. The van der Waals surface area contributed by atoms with Gasteiger partial charge in [0.2, 0.25) is 5.91 Å². The van der Waals surface area contributed by atoms with E-state index < -0.39 is 6.09 Å². The molecule has 0 aromatic carbocycles. The van der Waals surface area contributed by atoms with Gasteiger partial charge < -0.3 is 10.1 Å². The molecule has 0 fully saturated rings. The summed E-state index contributed by atoms with van der Waals surface area (Å²) in [5.74, 6) is -0.149. The van der Waals surface area contributed by atoms with Crippen molar-refractivity contribution in [3.05, 3.63) is 18.7 Å². The van der Waals surface area contributed by atoms with Gasteiger partial charge in [-0.05, 0) is 0 Å². The fourth-order valence-electron chi connectivity index (χ4n) is 0.807. The molecule has 0 aliphatic heterocycles. The summed E-state index contributed by atoms with van der Waals surface area (Å²) in [6, 6.07) is 0. The van der Waals surface area contributed by atoms with Gasteiger partial charge in [-0.3, -0.25) is 4.79 Å². The van der Waals surface area contributed by atoms with Gasteiger partial charge in [-0.25, -0.2) is 14.3 Å². The third kappa shape index (κ3) is 5.79. The normalized spacial score (nSPS) is 8.69. The van der Waals surface area contributed by atoms with Crippen LogP contribution in [-0.4, -0.2) is 34.7 Å². The van der Waals surface area contributed by atoms with E-state index >= 15 is 0 Å². The quantitative estimate of drug-likeness (QED) is 0.783. The van der Waals surface area contributed by atoms with E-state index in [9.17, 15) is 9.59 Å². The van der Waals surface area contributed by atoms with Gasteiger partial charge >= 0.3 is 6.09 Å². The molecule has 0 saturated carbocycles. The average molecular weight is 227 g/mol. The highest BCUT2D eigenvalue weighted by Gasteiger charge is 2.03. The first-order valence-corrected chi connectivity index (χ1v) is 5.09. The van der Waals surface area contributed by atoms with Crippen LogP contribution in [0.4, 0.5) is 4.79 Å². The van der Waals surface area contributed by atoms with Crippen molar-refractivity contribution in [1.29, 1.82) is 0 Å². The van der Waals surface area contributed by atoms with Crippen LogP contribution in [0.2, 0.25) is 0 Å². The molecule has 6 nitrogen and oxygen atoms in total. The van der Waals surface area contributed by atoms with E-state index in [1.54, 1.807) is 0 Å². The molecule has 1 aromatic heterocycles. The Balaban J connectivity index is 0.00000106. The van der Waals surface area contributed by atoms with Gasteiger partial charge in [0, 0.05) is 19.3 Å². The van der Waals surface area contributed by atoms with Crippen LogP contribution in [0.1, 0.15) is 20.8 Å². The average Bonchev–Trinajstić information content (AvgIpc) is 2.80. The third-order valence-corrected chi connectivity index (χ3v) is 1.42. The van der Waals surface area contributed by atoms with Gasteiger partial charge in [0.05, 0.1) is 6.54 Å². The lowest BCUT2D eigenvalue weighted by atomic mass is 10.6.